The van der Waals surface area contributed by atoms with Crippen LogP contribution in [0.4, 0.5) is 14.5 Å². The van der Waals surface area contributed by atoms with Crippen molar-refractivity contribution < 1.29 is 18.7 Å². The molecule has 1 aromatic rings. The Labute approximate surface area is 116 Å². The molecule has 1 saturated carbocycles. The van der Waals surface area contributed by atoms with Gasteiger partial charge in [-0.3, -0.25) is 0 Å². The van der Waals surface area contributed by atoms with Gasteiger partial charge in [0.1, 0.15) is 0 Å². The molecule has 0 atom stereocenters. The zero-order valence-electron chi connectivity index (χ0n) is 11.2. The van der Waals surface area contributed by atoms with Crippen LogP contribution in [-0.4, -0.2) is 24.2 Å². The van der Waals surface area contributed by atoms with Crippen molar-refractivity contribution in [3.8, 4) is 0 Å². The highest BCUT2D eigenvalue weighted by atomic mass is 19.2. The molecular weight excluding hydrogens is 264 g/mol. The van der Waals surface area contributed by atoms with Crippen molar-refractivity contribution in [2.24, 2.45) is 5.41 Å². The van der Waals surface area contributed by atoms with Crippen LogP contribution in [0.2, 0.25) is 0 Å². The number of rotatable bonds is 2. The summed E-state index contributed by atoms with van der Waals surface area (Å²) in [5.41, 5.74) is 0.404. The van der Waals surface area contributed by atoms with E-state index in [9.17, 15) is 13.6 Å². The molecule has 1 aliphatic heterocycles. The molecule has 0 unspecified atom stereocenters. The maximum atomic E-state index is 13.4. The Morgan fingerprint density at radius 1 is 1.10 bits per heavy atom. The van der Waals surface area contributed by atoms with Crippen molar-refractivity contribution in [3.05, 3.63) is 29.3 Å². The first-order chi connectivity index (χ1) is 9.51. The third kappa shape index (κ3) is 2.15. The Balaban J connectivity index is 1.85. The predicted molar refractivity (Wildman–Crippen MR) is 71.0 cm³/mol. The summed E-state index contributed by atoms with van der Waals surface area (Å²) in [5, 5.41) is 9.14. The number of benzene rings is 1. The van der Waals surface area contributed by atoms with E-state index in [0.717, 1.165) is 38.1 Å². The Kier molecular flexibility index (Phi) is 3.15. The van der Waals surface area contributed by atoms with Gasteiger partial charge < -0.3 is 10.0 Å². The van der Waals surface area contributed by atoms with Gasteiger partial charge in [0, 0.05) is 24.6 Å². The largest absolute Gasteiger partial charge is 0.478 e. The minimum absolute atomic E-state index is 0.158. The van der Waals surface area contributed by atoms with Gasteiger partial charge in [-0.05, 0) is 18.9 Å². The van der Waals surface area contributed by atoms with E-state index >= 15 is 0 Å². The Morgan fingerprint density at radius 2 is 1.70 bits per heavy atom. The average Bonchev–Trinajstić information content (AvgIpc) is 2.39. The molecule has 3 nitrogen and oxygen atoms in total. The minimum atomic E-state index is -1.22. The van der Waals surface area contributed by atoms with E-state index < -0.39 is 17.6 Å². The SMILES string of the molecule is O=C(O)c1cc(F)c(F)cc1N1CC2(CCCCC2)C1. The molecule has 1 spiro atoms. The Hall–Kier alpha value is -1.65. The molecule has 3 rings (SSSR count). The Morgan fingerprint density at radius 3 is 2.30 bits per heavy atom. The fraction of sp³-hybridized carbons (Fsp3) is 0.533. The molecule has 1 saturated heterocycles. The van der Waals surface area contributed by atoms with Gasteiger partial charge in [0.2, 0.25) is 0 Å². The summed E-state index contributed by atoms with van der Waals surface area (Å²) < 4.78 is 26.6. The third-order valence-electron chi connectivity index (χ3n) is 4.58. The van der Waals surface area contributed by atoms with E-state index in [-0.39, 0.29) is 11.0 Å². The van der Waals surface area contributed by atoms with E-state index in [4.69, 9.17) is 5.11 Å². The summed E-state index contributed by atoms with van der Waals surface area (Å²) in [6, 6.07) is 1.79. The standard InChI is InChI=1S/C15H17F2NO2/c16-11-6-10(14(19)20)13(7-12(11)17)18-8-15(9-18)4-2-1-3-5-15/h6-7H,1-5,8-9H2,(H,19,20). The van der Waals surface area contributed by atoms with Crippen molar-refractivity contribution in [1.82, 2.24) is 0 Å². The van der Waals surface area contributed by atoms with Gasteiger partial charge in [-0.25, -0.2) is 13.6 Å². The molecule has 2 fully saturated rings. The first kappa shape index (κ1) is 13.3. The summed E-state index contributed by atoms with van der Waals surface area (Å²) >= 11 is 0. The number of carboxylic acids is 1. The monoisotopic (exact) mass is 281 g/mol. The van der Waals surface area contributed by atoms with E-state index in [1.165, 1.54) is 19.3 Å². The lowest BCUT2D eigenvalue weighted by Crippen LogP contribution is -2.57. The average molecular weight is 281 g/mol. The first-order valence-corrected chi connectivity index (χ1v) is 6.98. The lowest BCUT2D eigenvalue weighted by Gasteiger charge is -2.53. The second-order valence-corrected chi connectivity index (χ2v) is 6.01. The molecule has 5 heteroatoms. The molecule has 0 aromatic heterocycles. The second kappa shape index (κ2) is 4.72. The normalized spacial score (nSPS) is 20.8. The van der Waals surface area contributed by atoms with Crippen LogP contribution in [0.25, 0.3) is 0 Å². The van der Waals surface area contributed by atoms with Crippen LogP contribution in [0.1, 0.15) is 42.5 Å². The fourth-order valence-corrected chi connectivity index (χ4v) is 3.52. The van der Waals surface area contributed by atoms with Gasteiger partial charge in [-0.1, -0.05) is 19.3 Å². The summed E-state index contributed by atoms with van der Waals surface area (Å²) in [4.78, 5) is 13.0. The van der Waals surface area contributed by atoms with E-state index in [0.29, 0.717) is 5.69 Å². The van der Waals surface area contributed by atoms with Crippen molar-refractivity contribution >= 4 is 11.7 Å². The minimum Gasteiger partial charge on any atom is -0.478 e. The first-order valence-electron chi connectivity index (χ1n) is 6.98. The van der Waals surface area contributed by atoms with Crippen LogP contribution in [0.15, 0.2) is 12.1 Å². The summed E-state index contributed by atoms with van der Waals surface area (Å²) in [6.07, 6.45) is 5.97. The van der Waals surface area contributed by atoms with Crippen molar-refractivity contribution in [1.29, 1.82) is 0 Å². The zero-order valence-corrected chi connectivity index (χ0v) is 11.2. The number of halogens is 2. The topological polar surface area (TPSA) is 40.5 Å². The van der Waals surface area contributed by atoms with Gasteiger partial charge in [-0.15, -0.1) is 0 Å². The molecule has 1 heterocycles. The number of hydrogen-bond donors (Lipinski definition) is 1. The van der Waals surface area contributed by atoms with Gasteiger partial charge in [0.05, 0.1) is 11.3 Å². The third-order valence-corrected chi connectivity index (χ3v) is 4.58. The molecule has 20 heavy (non-hydrogen) atoms. The highest BCUT2D eigenvalue weighted by molar-refractivity contribution is 5.94. The molecule has 1 aromatic carbocycles. The van der Waals surface area contributed by atoms with Crippen molar-refractivity contribution in [2.75, 3.05) is 18.0 Å². The molecule has 0 bridgehead atoms. The molecular formula is C15H17F2NO2. The maximum absolute atomic E-state index is 13.4. The number of nitrogens with zero attached hydrogens (tertiary/aromatic N) is 1. The zero-order chi connectivity index (χ0) is 14.3. The van der Waals surface area contributed by atoms with Gasteiger partial charge in [-0.2, -0.15) is 0 Å². The van der Waals surface area contributed by atoms with E-state index in [2.05, 4.69) is 0 Å². The molecule has 1 N–H and O–H groups in total. The summed E-state index contributed by atoms with van der Waals surface area (Å²) in [6.45, 7) is 1.50. The van der Waals surface area contributed by atoms with Crippen LogP contribution in [-0.2, 0) is 0 Å². The Bertz CT molecular complexity index is 545. The highest BCUT2D eigenvalue weighted by Gasteiger charge is 2.44. The van der Waals surface area contributed by atoms with Crippen molar-refractivity contribution in [3.63, 3.8) is 0 Å². The second-order valence-electron chi connectivity index (χ2n) is 6.01. The molecule has 2 aliphatic rings. The van der Waals surface area contributed by atoms with Crippen LogP contribution in [0.3, 0.4) is 0 Å². The highest BCUT2D eigenvalue weighted by Crippen LogP contribution is 2.46. The fourth-order valence-electron chi connectivity index (χ4n) is 3.52. The smallest absolute Gasteiger partial charge is 0.337 e. The number of anilines is 1. The van der Waals surface area contributed by atoms with Crippen LogP contribution >= 0.6 is 0 Å². The van der Waals surface area contributed by atoms with Crippen LogP contribution in [0, 0.1) is 17.0 Å². The molecule has 0 radical (unpaired) electrons. The molecule has 108 valence electrons. The van der Waals surface area contributed by atoms with Crippen LogP contribution in [0.5, 0.6) is 0 Å². The number of carboxylic acid groups (broad SMARTS) is 1. The van der Waals surface area contributed by atoms with Crippen LogP contribution < -0.4 is 4.90 Å². The summed E-state index contributed by atoms with van der Waals surface area (Å²) in [5.74, 6) is -3.32. The lowest BCUT2D eigenvalue weighted by atomic mass is 9.68. The number of carbonyl (C=O) groups is 1. The lowest BCUT2D eigenvalue weighted by molar-refractivity contribution is 0.0694. The number of aromatic carboxylic acids is 1. The van der Waals surface area contributed by atoms with Crippen molar-refractivity contribution in [2.45, 2.75) is 32.1 Å². The van der Waals surface area contributed by atoms with Gasteiger partial charge in [0.15, 0.2) is 11.6 Å². The maximum Gasteiger partial charge on any atom is 0.337 e. The van der Waals surface area contributed by atoms with E-state index in [1.807, 2.05) is 4.90 Å². The summed E-state index contributed by atoms with van der Waals surface area (Å²) in [7, 11) is 0. The van der Waals surface area contributed by atoms with Gasteiger partial charge >= 0.3 is 5.97 Å². The number of hydrogen-bond acceptors (Lipinski definition) is 2. The molecule has 1 aliphatic carbocycles. The van der Waals surface area contributed by atoms with E-state index in [1.54, 1.807) is 0 Å². The van der Waals surface area contributed by atoms with Gasteiger partial charge in [0.25, 0.3) is 0 Å². The quantitative estimate of drug-likeness (QED) is 0.902. The predicted octanol–water partition coefficient (Wildman–Crippen LogP) is 3.43. The molecule has 0 amide bonds.